The molecule has 2 aromatic carbocycles. The number of hydrogen-bond acceptors (Lipinski definition) is 5. The van der Waals surface area contributed by atoms with E-state index in [1.54, 1.807) is 36.4 Å². The molecule has 3 aromatic rings. The molecule has 9 heteroatoms. The number of nitrogens with one attached hydrogen (secondary N) is 3. The molecule has 8 nitrogen and oxygen atoms in total. The molecule has 4 rings (SSSR count). The second kappa shape index (κ2) is 7.58. The summed E-state index contributed by atoms with van der Waals surface area (Å²) >= 11 is 0. The van der Waals surface area contributed by atoms with Crippen LogP contribution in [0.15, 0.2) is 36.4 Å². The summed E-state index contributed by atoms with van der Waals surface area (Å²) in [6.07, 6.45) is 1.05. The van der Waals surface area contributed by atoms with Crippen molar-refractivity contribution in [1.82, 2.24) is 15.0 Å². The number of aromatic amines is 1. The highest BCUT2D eigenvalue weighted by molar-refractivity contribution is 7.88. The predicted molar refractivity (Wildman–Crippen MR) is 127 cm³/mol. The first-order chi connectivity index (χ1) is 15.0. The molecule has 0 atom stereocenters. The maximum absolute atomic E-state index is 13.4. The van der Waals surface area contributed by atoms with Crippen LogP contribution >= 0.6 is 0 Å². The summed E-state index contributed by atoms with van der Waals surface area (Å²) < 4.78 is 24.6. The molecule has 1 amide bonds. The van der Waals surface area contributed by atoms with E-state index < -0.39 is 15.4 Å². The molecule has 1 aromatic heterocycles. The van der Waals surface area contributed by atoms with Gasteiger partial charge in [-0.25, -0.2) is 13.1 Å². The number of H-pyrrole nitrogens is 1. The van der Waals surface area contributed by atoms with Crippen molar-refractivity contribution in [3.63, 3.8) is 0 Å². The van der Waals surface area contributed by atoms with Gasteiger partial charge >= 0.3 is 0 Å². The molecule has 0 radical (unpaired) electrons. The van der Waals surface area contributed by atoms with Crippen molar-refractivity contribution in [1.29, 1.82) is 5.26 Å². The third-order valence-electron chi connectivity index (χ3n) is 5.75. The van der Waals surface area contributed by atoms with Crippen molar-refractivity contribution in [2.24, 2.45) is 0 Å². The van der Waals surface area contributed by atoms with Crippen molar-refractivity contribution in [2.75, 3.05) is 19.3 Å². The van der Waals surface area contributed by atoms with Crippen LogP contribution in [0.3, 0.4) is 0 Å². The van der Waals surface area contributed by atoms with Gasteiger partial charge in [0.25, 0.3) is 5.91 Å². The van der Waals surface area contributed by atoms with E-state index >= 15 is 0 Å². The Morgan fingerprint density at radius 2 is 1.94 bits per heavy atom. The van der Waals surface area contributed by atoms with Crippen LogP contribution in [0.5, 0.6) is 0 Å². The minimum absolute atomic E-state index is 0. The van der Waals surface area contributed by atoms with Gasteiger partial charge in [-0.1, -0.05) is 19.9 Å². The van der Waals surface area contributed by atoms with Crippen LogP contribution in [0, 0.1) is 11.3 Å². The van der Waals surface area contributed by atoms with Gasteiger partial charge in [-0.3, -0.25) is 9.59 Å². The molecule has 0 saturated heterocycles. The van der Waals surface area contributed by atoms with E-state index in [1.165, 1.54) is 0 Å². The molecule has 1 aliphatic rings. The first-order valence-corrected chi connectivity index (χ1v) is 11.9. The number of hydrogen-bond donors (Lipinski definition) is 3. The zero-order chi connectivity index (χ0) is 23.3. The Balaban J connectivity index is 0.00000204. The van der Waals surface area contributed by atoms with E-state index in [0.29, 0.717) is 22.3 Å². The number of benzene rings is 2. The number of sulfonamides is 1. The maximum atomic E-state index is 13.4. The maximum Gasteiger partial charge on any atom is 0.251 e. The minimum Gasteiger partial charge on any atom is -0.357 e. The molecule has 0 spiro atoms. The summed E-state index contributed by atoms with van der Waals surface area (Å²) in [5.74, 6) is -0.484. The van der Waals surface area contributed by atoms with E-state index in [0.717, 1.165) is 28.4 Å². The average molecular weight is 457 g/mol. The monoisotopic (exact) mass is 456 g/mol. The number of aromatic nitrogens is 1. The summed E-state index contributed by atoms with van der Waals surface area (Å²) in [4.78, 5) is 29.3. The normalized spacial score (nSPS) is 14.5. The van der Waals surface area contributed by atoms with Gasteiger partial charge in [-0.15, -0.1) is 0 Å². The van der Waals surface area contributed by atoms with Gasteiger partial charge in [0.2, 0.25) is 10.0 Å². The van der Waals surface area contributed by atoms with Crippen LogP contribution in [-0.4, -0.2) is 44.4 Å². The van der Waals surface area contributed by atoms with Crippen LogP contribution in [0.4, 0.5) is 0 Å². The lowest BCUT2D eigenvalue weighted by Crippen LogP contribution is -2.35. The molecular weight excluding hydrogens is 428 g/mol. The molecular formula is C23H28N4O4S. The SMILES string of the molecule is CC1(C)c2cc(C(=O)NCCNS(C)(=O)=O)ccc2C(=O)c2c1[nH]c1cc(C#N)ccc21.[HH].[HH].[HH]. The van der Waals surface area contributed by atoms with E-state index in [9.17, 15) is 23.3 Å². The molecule has 1 heterocycles. The van der Waals surface area contributed by atoms with E-state index in [4.69, 9.17) is 0 Å². The summed E-state index contributed by atoms with van der Waals surface area (Å²) in [6.45, 7) is 4.19. The molecule has 0 unspecified atom stereocenters. The molecule has 0 aliphatic heterocycles. The summed E-state index contributed by atoms with van der Waals surface area (Å²) in [7, 11) is -3.32. The summed E-state index contributed by atoms with van der Waals surface area (Å²) in [5, 5.41) is 12.6. The third kappa shape index (κ3) is 3.68. The van der Waals surface area contributed by atoms with Crippen LogP contribution < -0.4 is 10.0 Å². The molecule has 32 heavy (non-hydrogen) atoms. The average Bonchev–Trinajstić information content (AvgIpc) is 3.14. The Morgan fingerprint density at radius 1 is 1.19 bits per heavy atom. The number of fused-ring (bicyclic) bond motifs is 4. The zero-order valence-electron chi connectivity index (χ0n) is 17.9. The summed E-state index contributed by atoms with van der Waals surface area (Å²) in [6, 6.07) is 12.3. The van der Waals surface area contributed by atoms with Gasteiger partial charge < -0.3 is 10.3 Å². The minimum atomic E-state index is -3.32. The van der Waals surface area contributed by atoms with Crippen molar-refractivity contribution in [3.8, 4) is 6.07 Å². The molecule has 0 fully saturated rings. The number of nitriles is 1. The van der Waals surface area contributed by atoms with Crippen LogP contribution in [0.2, 0.25) is 0 Å². The van der Waals surface area contributed by atoms with Gasteiger partial charge in [-0.05, 0) is 35.9 Å². The quantitative estimate of drug-likeness (QED) is 0.508. The number of amides is 1. The Morgan fingerprint density at radius 3 is 2.62 bits per heavy atom. The molecule has 1 aliphatic carbocycles. The Bertz CT molecular complexity index is 1440. The van der Waals surface area contributed by atoms with Gasteiger partial charge in [0.1, 0.15) is 0 Å². The molecule has 0 bridgehead atoms. The highest BCUT2D eigenvalue weighted by Gasteiger charge is 2.40. The predicted octanol–water partition coefficient (Wildman–Crippen LogP) is 2.93. The van der Waals surface area contributed by atoms with Crippen LogP contribution in [0.1, 0.15) is 61.2 Å². The number of carbonyl (C=O) groups is 2. The third-order valence-corrected chi connectivity index (χ3v) is 6.48. The lowest BCUT2D eigenvalue weighted by atomic mass is 9.71. The molecule has 3 N–H and O–H groups in total. The zero-order valence-corrected chi connectivity index (χ0v) is 18.7. The number of ketones is 1. The van der Waals surface area contributed by atoms with Crippen molar-refractivity contribution in [2.45, 2.75) is 19.3 Å². The van der Waals surface area contributed by atoms with Crippen molar-refractivity contribution in [3.05, 3.63) is 69.9 Å². The molecule has 170 valence electrons. The highest BCUT2D eigenvalue weighted by Crippen LogP contribution is 2.43. The standard InChI is InChI=1S/C23H22N4O4S.3H2/c1-23(2)17-11-14(22(29)25-8-9-26-32(3,30)31)5-7-15(17)20(28)19-16-6-4-13(12-24)10-18(16)27-21(19)23;;;/h4-7,10-11,26-27H,8-9H2,1-3H3,(H,25,29);3*1H. The highest BCUT2D eigenvalue weighted by atomic mass is 32.2. The van der Waals surface area contributed by atoms with E-state index in [1.807, 2.05) is 13.8 Å². The smallest absolute Gasteiger partial charge is 0.251 e. The van der Waals surface area contributed by atoms with Gasteiger partial charge in [0.15, 0.2) is 5.78 Å². The number of carbonyl (C=O) groups excluding carboxylic acids is 2. The Labute approximate surface area is 190 Å². The van der Waals surface area contributed by atoms with Crippen molar-refractivity contribution >= 4 is 32.6 Å². The van der Waals surface area contributed by atoms with Crippen LogP contribution in [0.25, 0.3) is 10.9 Å². The fraction of sp³-hybridized carbons (Fsp3) is 0.261. The molecule has 0 saturated carbocycles. The van der Waals surface area contributed by atoms with Gasteiger partial charge in [0.05, 0.1) is 23.5 Å². The fourth-order valence-corrected chi connectivity index (χ4v) is 4.63. The largest absolute Gasteiger partial charge is 0.357 e. The second-order valence-corrected chi connectivity index (χ2v) is 10.2. The lowest BCUT2D eigenvalue weighted by molar-refractivity contribution is 0.0952. The van der Waals surface area contributed by atoms with Gasteiger partial charge in [0, 0.05) is 50.5 Å². The number of nitrogens with zero attached hydrogens (tertiary/aromatic N) is 1. The van der Waals surface area contributed by atoms with E-state index in [2.05, 4.69) is 21.1 Å². The Hall–Kier alpha value is -3.48. The number of rotatable bonds is 5. The lowest BCUT2D eigenvalue weighted by Gasteiger charge is -2.32. The van der Waals surface area contributed by atoms with Gasteiger partial charge in [-0.2, -0.15) is 5.26 Å². The van der Waals surface area contributed by atoms with E-state index in [-0.39, 0.29) is 29.1 Å². The van der Waals surface area contributed by atoms with Crippen molar-refractivity contribution < 1.29 is 22.3 Å². The first-order valence-electron chi connectivity index (χ1n) is 10.0. The first kappa shape index (κ1) is 21.7. The topological polar surface area (TPSA) is 132 Å². The Kier molecular flexibility index (Phi) is 5.15. The fourth-order valence-electron chi connectivity index (χ4n) is 4.16. The second-order valence-electron chi connectivity index (χ2n) is 8.38. The van der Waals surface area contributed by atoms with Crippen LogP contribution in [-0.2, 0) is 15.4 Å². The summed E-state index contributed by atoms with van der Waals surface area (Å²) in [5.41, 5.74) is 3.62.